The molecule has 0 heterocycles. The Bertz CT molecular complexity index is 720. The van der Waals surface area contributed by atoms with Crippen LogP contribution in [-0.4, -0.2) is 53.6 Å². The van der Waals surface area contributed by atoms with E-state index < -0.39 is 28.2 Å². The zero-order valence-corrected chi connectivity index (χ0v) is 14.7. The smallest absolute Gasteiger partial charge is 0.305 e. The van der Waals surface area contributed by atoms with Crippen LogP contribution in [0.15, 0.2) is 18.2 Å². The van der Waals surface area contributed by atoms with Gasteiger partial charge < -0.3 is 20.5 Å². The molecule has 0 spiro atoms. The number of carboxylic acids is 1. The van der Waals surface area contributed by atoms with Crippen molar-refractivity contribution in [1.82, 2.24) is 10.6 Å². The predicted molar refractivity (Wildman–Crippen MR) is 90.8 cm³/mol. The van der Waals surface area contributed by atoms with Crippen LogP contribution in [0.2, 0.25) is 0 Å². The van der Waals surface area contributed by atoms with Crippen LogP contribution in [-0.2, 0) is 14.3 Å². The molecule has 0 aliphatic heterocycles. The van der Waals surface area contributed by atoms with Gasteiger partial charge in [0.1, 0.15) is 0 Å². The molecule has 2 amide bonds. The molecule has 0 saturated heterocycles. The van der Waals surface area contributed by atoms with Crippen LogP contribution in [0.4, 0.5) is 5.69 Å². The third-order valence-electron chi connectivity index (χ3n) is 3.51. The van der Waals surface area contributed by atoms with Gasteiger partial charge in [-0.3, -0.25) is 24.5 Å². The van der Waals surface area contributed by atoms with E-state index in [1.54, 1.807) is 0 Å². The first kappa shape index (κ1) is 21.0. The molecule has 0 bridgehead atoms. The minimum Gasteiger partial charge on any atom is -0.481 e. The number of carbonyl (C=O) groups is 3. The standard InChI is InChI=1S/C16H21N3O7/c1-10-6-11(4-5-12(10)19(24)25)15(23)17-8-13(20)18-16(2,9-26-3)7-14(21)22/h4-6H,7-9H2,1-3H3,(H,17,23)(H,18,20)(H,21,22). The van der Waals surface area contributed by atoms with E-state index in [0.29, 0.717) is 5.56 Å². The first-order valence-electron chi connectivity index (χ1n) is 7.63. The number of benzene rings is 1. The summed E-state index contributed by atoms with van der Waals surface area (Å²) in [5.74, 6) is -2.27. The molecule has 10 nitrogen and oxygen atoms in total. The van der Waals surface area contributed by atoms with E-state index in [4.69, 9.17) is 9.84 Å². The Labute approximate surface area is 149 Å². The van der Waals surface area contributed by atoms with Gasteiger partial charge >= 0.3 is 5.97 Å². The van der Waals surface area contributed by atoms with Crippen LogP contribution >= 0.6 is 0 Å². The average molecular weight is 367 g/mol. The van der Waals surface area contributed by atoms with Crippen LogP contribution in [0.5, 0.6) is 0 Å². The molecule has 1 aromatic rings. The number of aliphatic carboxylic acids is 1. The highest BCUT2D eigenvalue weighted by atomic mass is 16.6. The number of ether oxygens (including phenoxy) is 1. The molecule has 0 aliphatic rings. The lowest BCUT2D eigenvalue weighted by atomic mass is 9.99. The van der Waals surface area contributed by atoms with Crippen molar-refractivity contribution in [3.05, 3.63) is 39.4 Å². The summed E-state index contributed by atoms with van der Waals surface area (Å²) in [6.45, 7) is 2.63. The van der Waals surface area contributed by atoms with Gasteiger partial charge in [-0.2, -0.15) is 0 Å². The monoisotopic (exact) mass is 367 g/mol. The fourth-order valence-corrected chi connectivity index (χ4v) is 2.43. The summed E-state index contributed by atoms with van der Waals surface area (Å²) in [5.41, 5.74) is -0.734. The van der Waals surface area contributed by atoms with Gasteiger partial charge in [-0.05, 0) is 26.0 Å². The number of nitrogens with one attached hydrogen (secondary N) is 2. The Morgan fingerprint density at radius 1 is 1.35 bits per heavy atom. The second-order valence-corrected chi connectivity index (χ2v) is 6.05. The van der Waals surface area contributed by atoms with Gasteiger partial charge in [-0.15, -0.1) is 0 Å². The van der Waals surface area contributed by atoms with Crippen LogP contribution < -0.4 is 10.6 Å². The van der Waals surface area contributed by atoms with Gasteiger partial charge in [0.05, 0.1) is 30.0 Å². The van der Waals surface area contributed by atoms with Crippen LogP contribution in [0.3, 0.4) is 0 Å². The van der Waals surface area contributed by atoms with Gasteiger partial charge in [0.15, 0.2) is 0 Å². The summed E-state index contributed by atoms with van der Waals surface area (Å²) in [6, 6.07) is 3.86. The first-order valence-corrected chi connectivity index (χ1v) is 7.63. The highest BCUT2D eigenvalue weighted by molar-refractivity contribution is 5.97. The molecule has 1 rings (SSSR count). The number of nitro groups is 1. The van der Waals surface area contributed by atoms with Crippen molar-refractivity contribution in [1.29, 1.82) is 0 Å². The van der Waals surface area contributed by atoms with E-state index in [1.807, 2.05) is 0 Å². The molecule has 0 radical (unpaired) electrons. The molecular formula is C16H21N3O7. The van der Waals surface area contributed by atoms with Crippen molar-refractivity contribution >= 4 is 23.5 Å². The Morgan fingerprint density at radius 3 is 2.50 bits per heavy atom. The van der Waals surface area contributed by atoms with Crippen molar-refractivity contribution in [3.8, 4) is 0 Å². The van der Waals surface area contributed by atoms with E-state index in [0.717, 1.165) is 0 Å². The number of carbonyl (C=O) groups excluding carboxylic acids is 2. The minimum absolute atomic E-state index is 0.0134. The van der Waals surface area contributed by atoms with Gasteiger partial charge in [0, 0.05) is 24.3 Å². The van der Waals surface area contributed by atoms with Crippen molar-refractivity contribution in [2.75, 3.05) is 20.3 Å². The lowest BCUT2D eigenvalue weighted by Gasteiger charge is -2.28. The number of amides is 2. The van der Waals surface area contributed by atoms with Crippen molar-refractivity contribution in [2.24, 2.45) is 0 Å². The van der Waals surface area contributed by atoms with E-state index in [-0.39, 0.29) is 30.8 Å². The largest absolute Gasteiger partial charge is 0.481 e. The van der Waals surface area contributed by atoms with Gasteiger partial charge in [0.25, 0.3) is 11.6 Å². The number of aryl methyl sites for hydroxylation is 1. The molecule has 1 atom stereocenters. The number of nitro benzene ring substituents is 1. The zero-order chi connectivity index (χ0) is 19.9. The van der Waals surface area contributed by atoms with E-state index >= 15 is 0 Å². The van der Waals surface area contributed by atoms with E-state index in [9.17, 15) is 24.5 Å². The van der Waals surface area contributed by atoms with E-state index in [1.165, 1.54) is 39.2 Å². The number of rotatable bonds is 9. The third kappa shape index (κ3) is 6.13. The average Bonchev–Trinajstić information content (AvgIpc) is 2.51. The molecule has 0 fully saturated rings. The predicted octanol–water partition coefficient (Wildman–Crippen LogP) is 0.629. The number of hydrogen-bond acceptors (Lipinski definition) is 6. The second kappa shape index (κ2) is 8.90. The zero-order valence-electron chi connectivity index (χ0n) is 14.7. The topological polar surface area (TPSA) is 148 Å². The molecule has 26 heavy (non-hydrogen) atoms. The molecule has 1 aromatic carbocycles. The van der Waals surface area contributed by atoms with Crippen molar-refractivity contribution in [2.45, 2.75) is 25.8 Å². The molecular weight excluding hydrogens is 346 g/mol. The maximum atomic E-state index is 12.1. The number of nitrogens with zero attached hydrogens (tertiary/aromatic N) is 1. The fourth-order valence-electron chi connectivity index (χ4n) is 2.43. The summed E-state index contributed by atoms with van der Waals surface area (Å²) in [5, 5.41) is 24.6. The van der Waals surface area contributed by atoms with Gasteiger partial charge in [-0.1, -0.05) is 0 Å². The van der Waals surface area contributed by atoms with E-state index in [2.05, 4.69) is 10.6 Å². The highest BCUT2D eigenvalue weighted by Crippen LogP contribution is 2.18. The molecule has 0 saturated carbocycles. The maximum absolute atomic E-state index is 12.1. The Hall–Kier alpha value is -3.01. The lowest BCUT2D eigenvalue weighted by molar-refractivity contribution is -0.385. The number of hydrogen-bond donors (Lipinski definition) is 3. The highest BCUT2D eigenvalue weighted by Gasteiger charge is 2.29. The van der Waals surface area contributed by atoms with Gasteiger partial charge in [0.2, 0.25) is 5.91 Å². The molecule has 3 N–H and O–H groups in total. The third-order valence-corrected chi connectivity index (χ3v) is 3.51. The Balaban J connectivity index is 2.68. The Morgan fingerprint density at radius 2 is 2.00 bits per heavy atom. The number of carboxylic acid groups (broad SMARTS) is 1. The molecule has 0 aliphatic carbocycles. The van der Waals surface area contributed by atoms with Crippen molar-refractivity contribution < 1.29 is 29.2 Å². The fraction of sp³-hybridized carbons (Fsp3) is 0.438. The molecule has 142 valence electrons. The quantitative estimate of drug-likeness (QED) is 0.428. The summed E-state index contributed by atoms with van der Waals surface area (Å²) in [6.07, 6.45) is -0.345. The van der Waals surface area contributed by atoms with Gasteiger partial charge in [-0.25, -0.2) is 0 Å². The summed E-state index contributed by atoms with van der Waals surface area (Å²) in [7, 11) is 1.38. The first-order chi connectivity index (χ1) is 12.1. The normalized spacial score (nSPS) is 12.7. The lowest BCUT2D eigenvalue weighted by Crippen LogP contribution is -2.53. The molecule has 1 unspecified atom stereocenters. The van der Waals surface area contributed by atoms with Crippen molar-refractivity contribution in [3.63, 3.8) is 0 Å². The summed E-state index contributed by atoms with van der Waals surface area (Å²) < 4.78 is 4.93. The SMILES string of the molecule is COCC(C)(CC(=O)O)NC(=O)CNC(=O)c1ccc([N+](=O)[O-])c(C)c1. The number of methoxy groups -OCH3 is 1. The van der Waals surface area contributed by atoms with Crippen LogP contribution in [0.25, 0.3) is 0 Å². The molecule has 10 heteroatoms. The summed E-state index contributed by atoms with van der Waals surface area (Å²) >= 11 is 0. The maximum Gasteiger partial charge on any atom is 0.305 e. The minimum atomic E-state index is -1.12. The second-order valence-electron chi connectivity index (χ2n) is 6.05. The Kier molecular flexibility index (Phi) is 7.20. The molecule has 0 aromatic heterocycles. The summed E-state index contributed by atoms with van der Waals surface area (Å²) in [4.78, 5) is 45.2. The van der Waals surface area contributed by atoms with Crippen LogP contribution in [0, 0.1) is 17.0 Å². The van der Waals surface area contributed by atoms with Crippen LogP contribution in [0.1, 0.15) is 29.3 Å².